The van der Waals surface area contributed by atoms with E-state index < -0.39 is 0 Å². The standard InChI is InChI=1S/C14H9FN4S/c1-16-10-3-2-9(18-8-10)4-5-12-19-14-13(20-12)11(15)6-7-17-14/h2-3,6-8,16H,1H3. The zero-order valence-corrected chi connectivity index (χ0v) is 11.3. The molecule has 3 heterocycles. The van der Waals surface area contributed by atoms with Crippen LogP contribution in [0.4, 0.5) is 10.1 Å². The molecule has 20 heavy (non-hydrogen) atoms. The minimum atomic E-state index is -0.322. The fourth-order valence-electron chi connectivity index (χ4n) is 1.59. The van der Waals surface area contributed by atoms with Crippen LogP contribution in [0.15, 0.2) is 30.6 Å². The number of hydrogen-bond acceptors (Lipinski definition) is 5. The summed E-state index contributed by atoms with van der Waals surface area (Å²) in [6.45, 7) is 0. The van der Waals surface area contributed by atoms with Gasteiger partial charge in [0.2, 0.25) is 0 Å². The molecule has 0 bridgehead atoms. The number of pyridine rings is 2. The maximum atomic E-state index is 13.5. The third-order valence-electron chi connectivity index (χ3n) is 2.59. The van der Waals surface area contributed by atoms with Crippen molar-refractivity contribution in [2.75, 3.05) is 12.4 Å². The normalized spacial score (nSPS) is 10.1. The van der Waals surface area contributed by atoms with Crippen LogP contribution in [0.2, 0.25) is 0 Å². The van der Waals surface area contributed by atoms with Crippen LogP contribution in [-0.4, -0.2) is 22.0 Å². The van der Waals surface area contributed by atoms with Crippen molar-refractivity contribution in [3.8, 4) is 11.8 Å². The summed E-state index contributed by atoms with van der Waals surface area (Å²) in [6, 6.07) is 5.01. The van der Waals surface area contributed by atoms with Crippen LogP contribution < -0.4 is 5.32 Å². The van der Waals surface area contributed by atoms with E-state index in [2.05, 4.69) is 32.1 Å². The van der Waals surface area contributed by atoms with Gasteiger partial charge >= 0.3 is 0 Å². The molecule has 0 fully saturated rings. The van der Waals surface area contributed by atoms with Crippen molar-refractivity contribution < 1.29 is 4.39 Å². The van der Waals surface area contributed by atoms with Gasteiger partial charge < -0.3 is 5.32 Å². The van der Waals surface area contributed by atoms with E-state index in [1.807, 2.05) is 19.2 Å². The summed E-state index contributed by atoms with van der Waals surface area (Å²) in [7, 11) is 1.82. The van der Waals surface area contributed by atoms with Gasteiger partial charge in [-0.2, -0.15) is 0 Å². The molecule has 0 saturated carbocycles. The molecule has 0 amide bonds. The van der Waals surface area contributed by atoms with Gasteiger partial charge in [-0.3, -0.25) is 0 Å². The Morgan fingerprint density at radius 3 is 2.80 bits per heavy atom. The maximum Gasteiger partial charge on any atom is 0.174 e. The molecule has 0 aromatic carbocycles. The SMILES string of the molecule is CNc1ccc(C#Cc2nc3nccc(F)c3s2)nc1. The van der Waals surface area contributed by atoms with Crippen molar-refractivity contribution in [3.05, 3.63) is 47.1 Å². The van der Waals surface area contributed by atoms with Crippen molar-refractivity contribution in [3.63, 3.8) is 0 Å². The number of hydrogen-bond donors (Lipinski definition) is 1. The molecule has 3 aromatic rings. The molecule has 0 saturated heterocycles. The summed E-state index contributed by atoms with van der Waals surface area (Å²) in [6.07, 6.45) is 3.09. The van der Waals surface area contributed by atoms with Gasteiger partial charge in [0.15, 0.2) is 10.7 Å². The first-order valence-electron chi connectivity index (χ1n) is 5.83. The largest absolute Gasteiger partial charge is 0.387 e. The van der Waals surface area contributed by atoms with E-state index in [0.29, 0.717) is 21.0 Å². The fraction of sp³-hybridized carbons (Fsp3) is 0.0714. The molecule has 98 valence electrons. The lowest BCUT2D eigenvalue weighted by molar-refractivity contribution is 0.640. The predicted octanol–water partition coefficient (Wildman–Crippen LogP) is 2.67. The Morgan fingerprint density at radius 1 is 1.20 bits per heavy atom. The van der Waals surface area contributed by atoms with Crippen molar-refractivity contribution in [2.24, 2.45) is 0 Å². The molecular formula is C14H9FN4S. The Labute approximate surface area is 118 Å². The number of rotatable bonds is 1. The third kappa shape index (κ3) is 2.44. The summed E-state index contributed by atoms with van der Waals surface area (Å²) in [4.78, 5) is 12.4. The Kier molecular flexibility index (Phi) is 3.27. The zero-order valence-electron chi connectivity index (χ0n) is 10.5. The van der Waals surface area contributed by atoms with Crippen LogP contribution in [-0.2, 0) is 0 Å². The van der Waals surface area contributed by atoms with Gasteiger partial charge in [-0.05, 0) is 30.0 Å². The summed E-state index contributed by atoms with van der Waals surface area (Å²) in [5, 5.41) is 3.51. The van der Waals surface area contributed by atoms with Gasteiger partial charge in [-0.15, -0.1) is 11.3 Å². The van der Waals surface area contributed by atoms with Crippen LogP contribution in [0.25, 0.3) is 10.3 Å². The second-order valence-corrected chi connectivity index (χ2v) is 4.90. The second-order valence-electron chi connectivity index (χ2n) is 3.90. The third-order valence-corrected chi connectivity index (χ3v) is 3.56. The molecule has 0 spiro atoms. The highest BCUT2D eigenvalue weighted by molar-refractivity contribution is 7.19. The Hall–Kier alpha value is -2.52. The smallest absolute Gasteiger partial charge is 0.174 e. The fourth-order valence-corrected chi connectivity index (χ4v) is 2.37. The Balaban J connectivity index is 1.93. The zero-order chi connectivity index (χ0) is 13.9. The number of anilines is 1. The maximum absolute atomic E-state index is 13.5. The van der Waals surface area contributed by atoms with E-state index in [0.717, 1.165) is 5.69 Å². The minimum Gasteiger partial charge on any atom is -0.387 e. The van der Waals surface area contributed by atoms with E-state index in [4.69, 9.17) is 0 Å². The first-order chi connectivity index (χ1) is 9.76. The monoisotopic (exact) mass is 284 g/mol. The van der Waals surface area contributed by atoms with Gasteiger partial charge in [0.25, 0.3) is 0 Å². The van der Waals surface area contributed by atoms with Gasteiger partial charge in [0.1, 0.15) is 16.2 Å². The van der Waals surface area contributed by atoms with Crippen molar-refractivity contribution >= 4 is 27.4 Å². The average molecular weight is 284 g/mol. The first-order valence-corrected chi connectivity index (χ1v) is 6.65. The first kappa shape index (κ1) is 12.5. The summed E-state index contributed by atoms with van der Waals surface area (Å²) < 4.78 is 13.9. The number of halogens is 1. The predicted molar refractivity (Wildman–Crippen MR) is 77.1 cm³/mol. The van der Waals surface area contributed by atoms with Crippen LogP contribution in [0.5, 0.6) is 0 Å². The molecule has 0 aliphatic rings. The lowest BCUT2D eigenvalue weighted by Crippen LogP contribution is -1.89. The van der Waals surface area contributed by atoms with Crippen LogP contribution in [0.3, 0.4) is 0 Å². The van der Waals surface area contributed by atoms with E-state index in [1.54, 1.807) is 6.20 Å². The minimum absolute atomic E-state index is 0.322. The quantitative estimate of drug-likeness (QED) is 0.698. The van der Waals surface area contributed by atoms with Crippen molar-refractivity contribution in [1.29, 1.82) is 0 Å². The summed E-state index contributed by atoms with van der Waals surface area (Å²) in [5.74, 6) is 5.46. The van der Waals surface area contributed by atoms with Crippen LogP contribution >= 0.6 is 11.3 Å². The topological polar surface area (TPSA) is 50.7 Å². The van der Waals surface area contributed by atoms with Crippen molar-refractivity contribution in [1.82, 2.24) is 15.0 Å². The van der Waals surface area contributed by atoms with Gasteiger partial charge in [-0.25, -0.2) is 19.3 Å². The molecule has 0 radical (unpaired) electrons. The molecule has 0 aliphatic heterocycles. The highest BCUT2D eigenvalue weighted by Gasteiger charge is 2.07. The molecule has 3 aromatic heterocycles. The lowest BCUT2D eigenvalue weighted by Gasteiger charge is -1.96. The number of aromatic nitrogens is 3. The van der Waals surface area contributed by atoms with Gasteiger partial charge in [0.05, 0.1) is 11.9 Å². The average Bonchev–Trinajstić information content (AvgIpc) is 2.90. The summed E-state index contributed by atoms with van der Waals surface area (Å²) in [5.41, 5.74) is 1.94. The highest BCUT2D eigenvalue weighted by Crippen LogP contribution is 2.22. The molecular weight excluding hydrogens is 275 g/mol. The second kappa shape index (κ2) is 5.23. The highest BCUT2D eigenvalue weighted by atomic mass is 32.1. The Bertz CT molecular complexity index is 815. The van der Waals surface area contributed by atoms with E-state index >= 15 is 0 Å². The molecule has 6 heteroatoms. The van der Waals surface area contributed by atoms with Crippen molar-refractivity contribution in [2.45, 2.75) is 0 Å². The van der Waals surface area contributed by atoms with Gasteiger partial charge in [0, 0.05) is 13.2 Å². The Morgan fingerprint density at radius 2 is 2.10 bits per heavy atom. The molecule has 4 nitrogen and oxygen atoms in total. The molecule has 0 unspecified atom stereocenters. The number of nitrogens with zero attached hydrogens (tertiary/aromatic N) is 3. The number of nitrogens with one attached hydrogen (secondary N) is 1. The molecule has 0 aliphatic carbocycles. The molecule has 0 atom stereocenters. The van der Waals surface area contributed by atoms with E-state index in [9.17, 15) is 4.39 Å². The number of thiazole rings is 1. The molecule has 3 rings (SSSR count). The number of fused-ring (bicyclic) bond motifs is 1. The van der Waals surface area contributed by atoms with E-state index in [1.165, 1.54) is 23.6 Å². The summed E-state index contributed by atoms with van der Waals surface area (Å²) >= 11 is 1.19. The lowest BCUT2D eigenvalue weighted by atomic mass is 10.3. The van der Waals surface area contributed by atoms with E-state index in [-0.39, 0.29) is 5.82 Å². The van der Waals surface area contributed by atoms with Gasteiger partial charge in [-0.1, -0.05) is 0 Å². The molecule has 1 N–H and O–H groups in total. The van der Waals surface area contributed by atoms with Crippen LogP contribution in [0, 0.1) is 17.7 Å². The van der Waals surface area contributed by atoms with Crippen LogP contribution in [0.1, 0.15) is 10.7 Å².